The topological polar surface area (TPSA) is 50.8 Å². The molecule has 4 heteroatoms. The summed E-state index contributed by atoms with van der Waals surface area (Å²) in [4.78, 5) is 12.5. The highest BCUT2D eigenvalue weighted by Gasteiger charge is 2.16. The number of rotatable bonds is 4. The molecule has 3 aromatic rings. The molecule has 0 spiro atoms. The van der Waals surface area contributed by atoms with Crippen LogP contribution in [0.1, 0.15) is 35.7 Å². The van der Waals surface area contributed by atoms with Crippen LogP contribution >= 0.6 is 0 Å². The Morgan fingerprint density at radius 1 is 1.09 bits per heavy atom. The Bertz CT molecular complexity index is 917. The summed E-state index contributed by atoms with van der Waals surface area (Å²) in [6.45, 7) is 4.47. The molecule has 0 aliphatic heterocycles. The van der Waals surface area contributed by atoms with Crippen molar-refractivity contribution in [3.8, 4) is 0 Å². The minimum absolute atomic E-state index is 0.0200. The maximum Gasteiger partial charge on any atom is 0.203 e. The minimum atomic E-state index is 0.0200. The number of nitrogens with zero attached hydrogens (tertiary/aromatic N) is 2. The van der Waals surface area contributed by atoms with Crippen LogP contribution in [0.2, 0.25) is 0 Å². The largest absolute Gasteiger partial charge is 0.313 e. The molecule has 0 radical (unpaired) electrons. The smallest absolute Gasteiger partial charge is 0.203 e. The number of nitrogens with one attached hydrogen (secondary N) is 1. The first kappa shape index (κ1) is 15.3. The standard InChI is InChI=1S/C19H21N3O/c1-13(2)15-10-7-11-16-18(15)21(3)19(20)22(16)12-17(23)14-8-5-4-6-9-14/h4-11,13,20H,12H2,1-3H3. The van der Waals surface area contributed by atoms with E-state index in [0.717, 1.165) is 11.0 Å². The number of benzene rings is 2. The molecule has 0 unspecified atom stereocenters. The normalized spacial score (nSPS) is 11.3. The monoisotopic (exact) mass is 307 g/mol. The number of fused-ring (bicyclic) bond motifs is 1. The van der Waals surface area contributed by atoms with E-state index in [9.17, 15) is 4.79 Å². The second-order valence-corrected chi connectivity index (χ2v) is 6.13. The molecule has 118 valence electrons. The predicted molar refractivity (Wildman–Crippen MR) is 91.6 cm³/mol. The van der Waals surface area contributed by atoms with Crippen LogP contribution in [-0.4, -0.2) is 14.9 Å². The number of aromatic nitrogens is 2. The maximum absolute atomic E-state index is 12.5. The number of ketones is 1. The lowest BCUT2D eigenvalue weighted by Crippen LogP contribution is -2.25. The van der Waals surface area contributed by atoms with E-state index in [2.05, 4.69) is 19.9 Å². The van der Waals surface area contributed by atoms with Gasteiger partial charge in [0.15, 0.2) is 5.78 Å². The lowest BCUT2D eigenvalue weighted by Gasteiger charge is -2.09. The Labute approximate surface area is 135 Å². The Morgan fingerprint density at radius 2 is 1.78 bits per heavy atom. The molecule has 3 rings (SSSR count). The van der Waals surface area contributed by atoms with Gasteiger partial charge in [-0.25, -0.2) is 0 Å². The summed E-state index contributed by atoms with van der Waals surface area (Å²) in [5.74, 6) is 0.386. The third kappa shape index (κ3) is 2.61. The Kier molecular flexibility index (Phi) is 3.90. The lowest BCUT2D eigenvalue weighted by molar-refractivity contribution is 0.0971. The van der Waals surface area contributed by atoms with Crippen LogP contribution in [0.3, 0.4) is 0 Å². The second-order valence-electron chi connectivity index (χ2n) is 6.13. The first-order valence-corrected chi connectivity index (χ1v) is 7.81. The summed E-state index contributed by atoms with van der Waals surface area (Å²) < 4.78 is 3.65. The van der Waals surface area contributed by atoms with Crippen LogP contribution in [0.4, 0.5) is 0 Å². The van der Waals surface area contributed by atoms with Gasteiger partial charge in [-0.2, -0.15) is 0 Å². The van der Waals surface area contributed by atoms with Gasteiger partial charge < -0.3 is 9.13 Å². The molecule has 1 N–H and O–H groups in total. The van der Waals surface area contributed by atoms with Crippen LogP contribution in [0.5, 0.6) is 0 Å². The van der Waals surface area contributed by atoms with Crippen molar-refractivity contribution >= 4 is 16.8 Å². The van der Waals surface area contributed by atoms with Crippen LogP contribution in [0.25, 0.3) is 11.0 Å². The molecule has 0 saturated carbocycles. The van der Waals surface area contributed by atoms with Crippen molar-refractivity contribution in [1.29, 1.82) is 5.41 Å². The number of hydrogen-bond acceptors (Lipinski definition) is 2. The lowest BCUT2D eigenvalue weighted by atomic mass is 10.0. The van der Waals surface area contributed by atoms with Gasteiger partial charge in [0.2, 0.25) is 5.62 Å². The van der Waals surface area contributed by atoms with E-state index in [1.165, 1.54) is 5.56 Å². The van der Waals surface area contributed by atoms with Gasteiger partial charge in [-0.05, 0) is 17.5 Å². The second kappa shape index (κ2) is 5.88. The average molecular weight is 307 g/mol. The third-order valence-corrected chi connectivity index (χ3v) is 4.27. The Hall–Kier alpha value is -2.62. The molecule has 0 aliphatic rings. The van der Waals surface area contributed by atoms with Gasteiger partial charge in [0.05, 0.1) is 17.6 Å². The molecule has 4 nitrogen and oxygen atoms in total. The molecule has 0 aliphatic carbocycles. The fourth-order valence-electron chi connectivity index (χ4n) is 3.02. The van der Waals surface area contributed by atoms with Crippen LogP contribution in [-0.2, 0) is 13.6 Å². The number of carbonyl (C=O) groups is 1. The van der Waals surface area contributed by atoms with Crippen molar-refractivity contribution in [2.75, 3.05) is 0 Å². The van der Waals surface area contributed by atoms with Gasteiger partial charge >= 0.3 is 0 Å². The Morgan fingerprint density at radius 3 is 2.43 bits per heavy atom. The van der Waals surface area contributed by atoms with Gasteiger partial charge in [-0.15, -0.1) is 0 Å². The summed E-state index contributed by atoms with van der Waals surface area (Å²) in [5.41, 5.74) is 4.19. The fraction of sp³-hybridized carbons (Fsp3) is 0.263. The quantitative estimate of drug-likeness (QED) is 0.737. The number of aryl methyl sites for hydroxylation is 1. The maximum atomic E-state index is 12.5. The predicted octanol–water partition coefficient (Wildman–Crippen LogP) is 3.47. The van der Waals surface area contributed by atoms with Crippen molar-refractivity contribution in [1.82, 2.24) is 9.13 Å². The van der Waals surface area contributed by atoms with Gasteiger partial charge in [-0.1, -0.05) is 56.3 Å². The first-order valence-electron chi connectivity index (χ1n) is 7.81. The highest BCUT2D eigenvalue weighted by atomic mass is 16.1. The highest BCUT2D eigenvalue weighted by molar-refractivity contribution is 5.96. The van der Waals surface area contributed by atoms with Crippen molar-refractivity contribution in [2.24, 2.45) is 7.05 Å². The molecule has 0 amide bonds. The molecular formula is C19H21N3O. The van der Waals surface area contributed by atoms with Crippen LogP contribution in [0, 0.1) is 5.41 Å². The molecule has 0 fully saturated rings. The minimum Gasteiger partial charge on any atom is -0.313 e. The number of hydrogen-bond donors (Lipinski definition) is 1. The van der Waals surface area contributed by atoms with Gasteiger partial charge in [-0.3, -0.25) is 10.2 Å². The van der Waals surface area contributed by atoms with E-state index in [0.29, 0.717) is 17.1 Å². The molecule has 0 bridgehead atoms. The van der Waals surface area contributed by atoms with E-state index < -0.39 is 0 Å². The van der Waals surface area contributed by atoms with Crippen molar-refractivity contribution < 1.29 is 4.79 Å². The number of Topliss-reactive ketones (excluding diaryl/α,β-unsaturated/α-hetero) is 1. The molecule has 0 saturated heterocycles. The van der Waals surface area contributed by atoms with E-state index in [1.807, 2.05) is 54.1 Å². The zero-order valence-corrected chi connectivity index (χ0v) is 13.7. The van der Waals surface area contributed by atoms with Crippen molar-refractivity contribution in [3.63, 3.8) is 0 Å². The molecule has 0 atom stereocenters. The average Bonchev–Trinajstić information content (AvgIpc) is 2.80. The number of para-hydroxylation sites is 1. The van der Waals surface area contributed by atoms with E-state index in [1.54, 1.807) is 4.57 Å². The summed E-state index contributed by atoms with van der Waals surface area (Å²) in [7, 11) is 1.89. The van der Waals surface area contributed by atoms with E-state index in [4.69, 9.17) is 5.41 Å². The van der Waals surface area contributed by atoms with Gasteiger partial charge in [0.1, 0.15) is 0 Å². The number of carbonyl (C=O) groups excluding carboxylic acids is 1. The van der Waals surface area contributed by atoms with Gasteiger partial charge in [0, 0.05) is 12.6 Å². The number of imidazole rings is 1. The fourth-order valence-corrected chi connectivity index (χ4v) is 3.02. The van der Waals surface area contributed by atoms with Crippen molar-refractivity contribution in [3.05, 3.63) is 65.3 Å². The van der Waals surface area contributed by atoms with Gasteiger partial charge in [0.25, 0.3) is 0 Å². The zero-order valence-electron chi connectivity index (χ0n) is 13.7. The zero-order chi connectivity index (χ0) is 16.6. The highest BCUT2D eigenvalue weighted by Crippen LogP contribution is 2.24. The molecule has 23 heavy (non-hydrogen) atoms. The molecule has 1 aromatic heterocycles. The Balaban J connectivity index is 2.12. The van der Waals surface area contributed by atoms with Crippen LogP contribution in [0.15, 0.2) is 48.5 Å². The van der Waals surface area contributed by atoms with E-state index in [-0.39, 0.29) is 12.3 Å². The molecular weight excluding hydrogens is 286 g/mol. The molecule has 1 heterocycles. The summed E-state index contributed by atoms with van der Waals surface area (Å²) in [6.07, 6.45) is 0. The molecule has 2 aromatic carbocycles. The summed E-state index contributed by atoms with van der Waals surface area (Å²) in [6, 6.07) is 15.3. The van der Waals surface area contributed by atoms with E-state index >= 15 is 0 Å². The first-order chi connectivity index (χ1) is 11.0. The van der Waals surface area contributed by atoms with Crippen LogP contribution < -0.4 is 5.62 Å². The third-order valence-electron chi connectivity index (χ3n) is 4.27. The van der Waals surface area contributed by atoms with Crippen molar-refractivity contribution in [2.45, 2.75) is 26.3 Å². The summed E-state index contributed by atoms with van der Waals surface area (Å²) in [5, 5.41) is 8.39. The summed E-state index contributed by atoms with van der Waals surface area (Å²) >= 11 is 0. The SMILES string of the molecule is CC(C)c1cccc2c1n(C)c(=N)n2CC(=O)c1ccccc1.